The molecule has 0 aromatic rings. The SMILES string of the molecule is CO/C=C\[C@]12CC[C@H](OC(C)=O)CC1=CC[C@H]1[C@@H]3CC[C@H]([C@@H](C)OC(C)=O)[C@@]3(C)CC[C@@H]12. The average Bonchev–Trinajstić information content (AvgIpc) is 3.08. The van der Waals surface area contributed by atoms with Crippen LogP contribution in [-0.4, -0.2) is 31.3 Å². The summed E-state index contributed by atoms with van der Waals surface area (Å²) in [5.74, 6) is 1.97. The molecular weight excluding hydrogens is 404 g/mol. The summed E-state index contributed by atoms with van der Waals surface area (Å²) < 4.78 is 16.7. The Labute approximate surface area is 192 Å². The van der Waals surface area contributed by atoms with Gasteiger partial charge in [0.05, 0.1) is 13.4 Å². The molecular formula is C27H40O5. The van der Waals surface area contributed by atoms with Gasteiger partial charge in [-0.25, -0.2) is 0 Å². The van der Waals surface area contributed by atoms with Gasteiger partial charge in [0.15, 0.2) is 0 Å². The summed E-state index contributed by atoms with van der Waals surface area (Å²) in [6.45, 7) is 7.57. The van der Waals surface area contributed by atoms with Crippen LogP contribution in [0.2, 0.25) is 0 Å². The summed E-state index contributed by atoms with van der Waals surface area (Å²) in [6.07, 6.45) is 15.2. The minimum Gasteiger partial charge on any atom is -0.505 e. The molecule has 5 heteroatoms. The highest BCUT2D eigenvalue weighted by Gasteiger charge is 2.60. The van der Waals surface area contributed by atoms with Gasteiger partial charge in [-0.1, -0.05) is 18.6 Å². The molecule has 0 bridgehead atoms. The van der Waals surface area contributed by atoms with Crippen LogP contribution in [0.3, 0.4) is 0 Å². The Morgan fingerprint density at radius 2 is 1.88 bits per heavy atom. The molecule has 32 heavy (non-hydrogen) atoms. The maximum absolute atomic E-state index is 11.6. The van der Waals surface area contributed by atoms with Crippen molar-refractivity contribution < 1.29 is 23.8 Å². The third-order valence-corrected chi connectivity index (χ3v) is 9.49. The van der Waals surface area contributed by atoms with Crippen LogP contribution in [0.15, 0.2) is 24.0 Å². The standard InChI is InChI=1S/C27H40O5/c1-17(31-18(2)28)23-8-9-24-22-7-6-20-16-21(32-19(3)29)10-13-27(20,14-15-30-5)25(22)11-12-26(23,24)4/h6,14-15,17,21-25H,7-13,16H2,1-5H3/b15-14-/t17-,21+,22+,23-,24+,25+,26-,27-/m1/s1. The van der Waals surface area contributed by atoms with Crippen molar-refractivity contribution >= 4 is 11.9 Å². The third-order valence-electron chi connectivity index (χ3n) is 9.49. The van der Waals surface area contributed by atoms with Crippen molar-refractivity contribution in [1.82, 2.24) is 0 Å². The van der Waals surface area contributed by atoms with Crippen molar-refractivity contribution in [3.8, 4) is 0 Å². The Balaban J connectivity index is 1.62. The molecule has 4 aliphatic rings. The first-order chi connectivity index (χ1) is 15.2. The second-order valence-corrected chi connectivity index (χ2v) is 10.9. The lowest BCUT2D eigenvalue weighted by Crippen LogP contribution is -2.52. The van der Waals surface area contributed by atoms with Crippen LogP contribution in [0, 0.1) is 34.5 Å². The molecule has 8 atom stereocenters. The van der Waals surface area contributed by atoms with E-state index in [2.05, 4.69) is 26.0 Å². The van der Waals surface area contributed by atoms with Crippen LogP contribution in [0.4, 0.5) is 0 Å². The molecule has 4 rings (SSSR count). The van der Waals surface area contributed by atoms with Crippen LogP contribution >= 0.6 is 0 Å². The van der Waals surface area contributed by atoms with E-state index in [1.54, 1.807) is 7.11 Å². The molecule has 178 valence electrons. The second kappa shape index (κ2) is 8.87. The van der Waals surface area contributed by atoms with E-state index in [1.807, 2.05) is 6.26 Å². The van der Waals surface area contributed by atoms with Crippen molar-refractivity contribution in [3.63, 3.8) is 0 Å². The summed E-state index contributed by atoms with van der Waals surface area (Å²) >= 11 is 0. The van der Waals surface area contributed by atoms with Crippen molar-refractivity contribution in [2.45, 2.75) is 91.3 Å². The average molecular weight is 445 g/mol. The molecule has 3 fully saturated rings. The van der Waals surface area contributed by atoms with Gasteiger partial charge in [0.1, 0.15) is 12.2 Å². The van der Waals surface area contributed by atoms with E-state index in [9.17, 15) is 9.59 Å². The number of allylic oxidation sites excluding steroid dienone is 2. The fourth-order valence-corrected chi connectivity index (χ4v) is 8.32. The van der Waals surface area contributed by atoms with E-state index >= 15 is 0 Å². The van der Waals surface area contributed by atoms with Crippen molar-refractivity contribution in [2.75, 3.05) is 7.11 Å². The number of methoxy groups -OCH3 is 1. The second-order valence-electron chi connectivity index (χ2n) is 10.9. The number of rotatable bonds is 5. The van der Waals surface area contributed by atoms with E-state index in [-0.39, 0.29) is 35.0 Å². The zero-order valence-electron chi connectivity index (χ0n) is 20.4. The summed E-state index contributed by atoms with van der Waals surface area (Å²) in [7, 11) is 1.72. The summed E-state index contributed by atoms with van der Waals surface area (Å²) in [4.78, 5) is 23.2. The number of fused-ring (bicyclic) bond motifs is 5. The number of hydrogen-bond donors (Lipinski definition) is 0. The minimum absolute atomic E-state index is 0.00586. The van der Waals surface area contributed by atoms with Gasteiger partial charge in [0.2, 0.25) is 0 Å². The lowest BCUT2D eigenvalue weighted by molar-refractivity contribution is -0.153. The molecule has 5 nitrogen and oxygen atoms in total. The summed E-state index contributed by atoms with van der Waals surface area (Å²) in [6, 6.07) is 0. The molecule has 0 radical (unpaired) electrons. The van der Waals surface area contributed by atoms with Crippen molar-refractivity contribution in [2.24, 2.45) is 34.5 Å². The first kappa shape index (κ1) is 23.4. The minimum atomic E-state index is -0.184. The van der Waals surface area contributed by atoms with Gasteiger partial charge in [-0.3, -0.25) is 9.59 Å². The highest BCUT2D eigenvalue weighted by Crippen LogP contribution is 2.67. The first-order valence-electron chi connectivity index (χ1n) is 12.5. The van der Waals surface area contributed by atoms with Crippen LogP contribution in [-0.2, 0) is 23.8 Å². The Morgan fingerprint density at radius 3 is 2.56 bits per heavy atom. The molecule has 0 amide bonds. The fourth-order valence-electron chi connectivity index (χ4n) is 8.32. The van der Waals surface area contributed by atoms with Crippen LogP contribution in [0.1, 0.15) is 79.1 Å². The van der Waals surface area contributed by atoms with E-state index in [1.165, 1.54) is 38.7 Å². The van der Waals surface area contributed by atoms with Crippen LogP contribution in [0.25, 0.3) is 0 Å². The highest BCUT2D eigenvalue weighted by atomic mass is 16.5. The zero-order valence-corrected chi connectivity index (χ0v) is 20.4. The van der Waals surface area contributed by atoms with E-state index in [4.69, 9.17) is 14.2 Å². The predicted molar refractivity (Wildman–Crippen MR) is 122 cm³/mol. The Kier molecular flexibility index (Phi) is 6.48. The molecule has 0 aromatic heterocycles. The van der Waals surface area contributed by atoms with Crippen LogP contribution in [0.5, 0.6) is 0 Å². The lowest BCUT2D eigenvalue weighted by Gasteiger charge is -2.58. The molecule has 0 aromatic carbocycles. The number of esters is 2. The van der Waals surface area contributed by atoms with Crippen molar-refractivity contribution in [3.05, 3.63) is 24.0 Å². The summed E-state index contributed by atoms with van der Waals surface area (Å²) in [5, 5.41) is 0. The Morgan fingerprint density at radius 1 is 1.09 bits per heavy atom. The largest absolute Gasteiger partial charge is 0.505 e. The molecule has 0 spiro atoms. The third kappa shape index (κ3) is 3.90. The number of carbonyl (C=O) groups is 2. The van der Waals surface area contributed by atoms with Gasteiger partial charge in [-0.15, -0.1) is 0 Å². The molecule has 0 N–H and O–H groups in total. The molecule has 3 saturated carbocycles. The maximum Gasteiger partial charge on any atom is 0.302 e. The molecule has 0 saturated heterocycles. The van der Waals surface area contributed by atoms with Gasteiger partial charge in [-0.05, 0) is 81.1 Å². The molecule has 0 unspecified atom stereocenters. The van der Waals surface area contributed by atoms with E-state index < -0.39 is 0 Å². The van der Waals surface area contributed by atoms with E-state index in [0.29, 0.717) is 23.7 Å². The van der Waals surface area contributed by atoms with Gasteiger partial charge in [0, 0.05) is 31.6 Å². The van der Waals surface area contributed by atoms with Gasteiger partial charge in [-0.2, -0.15) is 0 Å². The molecule has 0 aliphatic heterocycles. The lowest BCUT2D eigenvalue weighted by atomic mass is 9.46. The quantitative estimate of drug-likeness (QED) is 0.314. The fraction of sp³-hybridized carbons (Fsp3) is 0.778. The predicted octanol–water partition coefficient (Wildman–Crippen LogP) is 5.59. The van der Waals surface area contributed by atoms with Gasteiger partial charge >= 0.3 is 11.9 Å². The smallest absolute Gasteiger partial charge is 0.302 e. The Hall–Kier alpha value is -1.78. The first-order valence-corrected chi connectivity index (χ1v) is 12.5. The monoisotopic (exact) mass is 444 g/mol. The normalized spacial score (nSPS) is 41.7. The molecule has 4 aliphatic carbocycles. The van der Waals surface area contributed by atoms with Crippen molar-refractivity contribution in [1.29, 1.82) is 0 Å². The highest BCUT2D eigenvalue weighted by molar-refractivity contribution is 5.66. The van der Waals surface area contributed by atoms with E-state index in [0.717, 1.165) is 32.1 Å². The number of ether oxygens (including phenoxy) is 3. The summed E-state index contributed by atoms with van der Waals surface area (Å²) in [5.41, 5.74) is 1.68. The van der Waals surface area contributed by atoms with Gasteiger partial charge in [0.25, 0.3) is 0 Å². The molecule has 0 heterocycles. The van der Waals surface area contributed by atoms with Crippen LogP contribution < -0.4 is 0 Å². The number of carbonyl (C=O) groups excluding carboxylic acids is 2. The van der Waals surface area contributed by atoms with Gasteiger partial charge < -0.3 is 14.2 Å². The number of hydrogen-bond acceptors (Lipinski definition) is 5. The maximum atomic E-state index is 11.6. The topological polar surface area (TPSA) is 61.8 Å². The Bertz CT molecular complexity index is 800. The zero-order chi connectivity index (χ0) is 23.1.